The average molecular weight is 490 g/mol. The summed E-state index contributed by atoms with van der Waals surface area (Å²) in [6, 6.07) is 10.4. The summed E-state index contributed by atoms with van der Waals surface area (Å²) in [5.41, 5.74) is 3.21. The van der Waals surface area contributed by atoms with Crippen molar-refractivity contribution in [3.8, 4) is 5.75 Å². The zero-order valence-corrected chi connectivity index (χ0v) is 21.3. The lowest BCUT2D eigenvalue weighted by molar-refractivity contribution is -0.119. The summed E-state index contributed by atoms with van der Waals surface area (Å²) in [6.45, 7) is 9.98. The van der Waals surface area contributed by atoms with Gasteiger partial charge in [-0.2, -0.15) is 0 Å². The van der Waals surface area contributed by atoms with Crippen molar-refractivity contribution in [2.45, 2.75) is 32.1 Å². The van der Waals surface area contributed by atoms with Gasteiger partial charge in [-0.1, -0.05) is 12.1 Å². The summed E-state index contributed by atoms with van der Waals surface area (Å²) in [4.78, 5) is 15.2. The van der Waals surface area contributed by atoms with E-state index in [0.717, 1.165) is 60.3 Å². The van der Waals surface area contributed by atoms with Gasteiger partial charge in [0.25, 0.3) is 10.0 Å². The Labute approximate surface area is 202 Å². The maximum atomic E-state index is 13.8. The van der Waals surface area contributed by atoms with Gasteiger partial charge in [0, 0.05) is 19.6 Å². The number of carbonyl (C=O) groups excluding carboxylic acids is 1. The second kappa shape index (κ2) is 11.7. The van der Waals surface area contributed by atoms with E-state index in [0.29, 0.717) is 12.2 Å². The van der Waals surface area contributed by atoms with Gasteiger partial charge in [-0.15, -0.1) is 0 Å². The standard InChI is InChI=1S/C25H35N3O5S/c1-19-6-9-23(32-4)24(16-19)34(30,31)28(22-8-7-20(2)21(3)17-22)18-25(29)26-10-5-11-27-12-14-33-15-13-27/h6-9,16-17H,5,10-15,18H2,1-4H3,(H,26,29). The SMILES string of the molecule is COc1ccc(C)cc1S(=O)(=O)N(CC(=O)NCCCN1CCOCC1)c1ccc(C)c(C)c1. The molecule has 34 heavy (non-hydrogen) atoms. The molecule has 9 heteroatoms. The van der Waals surface area contributed by atoms with Gasteiger partial charge in [0.2, 0.25) is 5.91 Å². The van der Waals surface area contributed by atoms with Crippen LogP contribution < -0.4 is 14.4 Å². The third-order valence-electron chi connectivity index (χ3n) is 6.03. The number of amides is 1. The van der Waals surface area contributed by atoms with E-state index in [1.807, 2.05) is 26.8 Å². The molecule has 186 valence electrons. The van der Waals surface area contributed by atoms with Gasteiger partial charge < -0.3 is 14.8 Å². The number of hydrogen-bond acceptors (Lipinski definition) is 6. The van der Waals surface area contributed by atoms with Gasteiger partial charge in [0.05, 0.1) is 26.0 Å². The quantitative estimate of drug-likeness (QED) is 0.517. The number of nitrogens with one attached hydrogen (secondary N) is 1. The van der Waals surface area contributed by atoms with Gasteiger partial charge in [-0.05, 0) is 74.7 Å². The Morgan fingerprint density at radius 1 is 1.09 bits per heavy atom. The molecule has 1 aliphatic heterocycles. The largest absolute Gasteiger partial charge is 0.495 e. The Morgan fingerprint density at radius 2 is 1.82 bits per heavy atom. The second-order valence-corrected chi connectivity index (χ2v) is 10.4. The molecule has 1 aliphatic rings. The predicted octanol–water partition coefficient (Wildman–Crippen LogP) is 2.65. The van der Waals surface area contributed by atoms with E-state index in [9.17, 15) is 13.2 Å². The molecule has 8 nitrogen and oxygen atoms in total. The molecule has 1 N–H and O–H groups in total. The first-order valence-corrected chi connectivity index (χ1v) is 13.0. The Morgan fingerprint density at radius 3 is 2.50 bits per heavy atom. The van der Waals surface area contributed by atoms with Crippen LogP contribution in [0.3, 0.4) is 0 Å². The lowest BCUT2D eigenvalue weighted by Crippen LogP contribution is -2.42. The molecule has 0 radical (unpaired) electrons. The van der Waals surface area contributed by atoms with Crippen molar-refractivity contribution in [3.63, 3.8) is 0 Å². The van der Waals surface area contributed by atoms with Crippen LogP contribution in [-0.4, -0.2) is 72.3 Å². The van der Waals surface area contributed by atoms with Crippen LogP contribution in [0.25, 0.3) is 0 Å². The van der Waals surface area contributed by atoms with Crippen LogP contribution in [-0.2, 0) is 19.6 Å². The predicted molar refractivity (Wildman–Crippen MR) is 133 cm³/mol. The molecule has 0 saturated carbocycles. The first kappa shape index (κ1) is 26.0. The van der Waals surface area contributed by atoms with Crippen molar-refractivity contribution in [2.75, 3.05) is 57.4 Å². The van der Waals surface area contributed by atoms with E-state index in [2.05, 4.69) is 10.2 Å². The zero-order chi connectivity index (χ0) is 24.7. The van der Waals surface area contributed by atoms with E-state index in [1.165, 1.54) is 7.11 Å². The van der Waals surface area contributed by atoms with Gasteiger partial charge >= 0.3 is 0 Å². The van der Waals surface area contributed by atoms with Crippen molar-refractivity contribution in [1.29, 1.82) is 0 Å². The van der Waals surface area contributed by atoms with Crippen molar-refractivity contribution in [3.05, 3.63) is 53.1 Å². The molecule has 1 fully saturated rings. The summed E-state index contributed by atoms with van der Waals surface area (Å²) in [5.74, 6) is -0.110. The van der Waals surface area contributed by atoms with E-state index in [-0.39, 0.29) is 23.1 Å². The number of hydrogen-bond donors (Lipinski definition) is 1. The number of nitrogens with zero attached hydrogens (tertiary/aromatic N) is 2. The molecule has 2 aromatic rings. The van der Waals surface area contributed by atoms with Gasteiger partial charge in [-0.3, -0.25) is 14.0 Å². The highest BCUT2D eigenvalue weighted by molar-refractivity contribution is 7.93. The number of sulfonamides is 1. The van der Waals surface area contributed by atoms with Crippen LogP contribution in [0.4, 0.5) is 5.69 Å². The Bertz CT molecular complexity index is 1100. The Hall–Kier alpha value is -2.62. The minimum atomic E-state index is -4.07. The Kier molecular flexibility index (Phi) is 8.93. The van der Waals surface area contributed by atoms with Crippen LogP contribution in [0.2, 0.25) is 0 Å². The number of aryl methyl sites for hydroxylation is 3. The summed E-state index contributed by atoms with van der Waals surface area (Å²) < 4.78 is 39.4. The van der Waals surface area contributed by atoms with E-state index < -0.39 is 10.0 Å². The third kappa shape index (κ3) is 6.49. The topological polar surface area (TPSA) is 88.2 Å². The lowest BCUT2D eigenvalue weighted by Gasteiger charge is -2.27. The first-order valence-electron chi connectivity index (χ1n) is 11.5. The number of carbonyl (C=O) groups is 1. The molecule has 3 rings (SSSR count). The molecule has 0 aliphatic carbocycles. The van der Waals surface area contributed by atoms with Crippen molar-refractivity contribution >= 4 is 21.6 Å². The molecule has 0 atom stereocenters. The molecular weight excluding hydrogens is 454 g/mol. The highest BCUT2D eigenvalue weighted by Crippen LogP contribution is 2.31. The number of anilines is 1. The van der Waals surface area contributed by atoms with Crippen LogP contribution in [0.5, 0.6) is 5.75 Å². The van der Waals surface area contributed by atoms with Gasteiger partial charge in [0.15, 0.2) is 0 Å². The number of rotatable bonds is 10. The average Bonchev–Trinajstić information content (AvgIpc) is 2.82. The van der Waals surface area contributed by atoms with Crippen LogP contribution in [0, 0.1) is 20.8 Å². The number of morpholine rings is 1. The molecule has 1 heterocycles. The first-order chi connectivity index (χ1) is 16.2. The highest BCUT2D eigenvalue weighted by atomic mass is 32.2. The molecule has 0 bridgehead atoms. The maximum absolute atomic E-state index is 13.8. The Balaban J connectivity index is 1.79. The fourth-order valence-electron chi connectivity index (χ4n) is 3.84. The molecule has 1 amide bonds. The number of methoxy groups -OCH3 is 1. The summed E-state index contributed by atoms with van der Waals surface area (Å²) in [6.07, 6.45) is 0.786. The van der Waals surface area contributed by atoms with Crippen LogP contribution in [0.15, 0.2) is 41.3 Å². The molecule has 2 aromatic carbocycles. The fraction of sp³-hybridized carbons (Fsp3) is 0.480. The number of benzene rings is 2. The van der Waals surface area contributed by atoms with E-state index in [1.54, 1.807) is 30.3 Å². The van der Waals surface area contributed by atoms with Crippen LogP contribution >= 0.6 is 0 Å². The smallest absolute Gasteiger partial charge is 0.268 e. The van der Waals surface area contributed by atoms with Crippen LogP contribution in [0.1, 0.15) is 23.1 Å². The maximum Gasteiger partial charge on any atom is 0.268 e. The lowest BCUT2D eigenvalue weighted by atomic mass is 10.1. The monoisotopic (exact) mass is 489 g/mol. The summed E-state index contributed by atoms with van der Waals surface area (Å²) >= 11 is 0. The summed E-state index contributed by atoms with van der Waals surface area (Å²) in [5, 5.41) is 2.88. The van der Waals surface area contributed by atoms with Crippen molar-refractivity contribution in [1.82, 2.24) is 10.2 Å². The van der Waals surface area contributed by atoms with E-state index >= 15 is 0 Å². The normalized spacial score (nSPS) is 14.6. The van der Waals surface area contributed by atoms with Crippen molar-refractivity contribution in [2.24, 2.45) is 0 Å². The van der Waals surface area contributed by atoms with E-state index in [4.69, 9.17) is 9.47 Å². The molecule has 0 unspecified atom stereocenters. The second-order valence-electron chi connectivity index (χ2n) is 8.59. The molecule has 1 saturated heterocycles. The summed E-state index contributed by atoms with van der Waals surface area (Å²) in [7, 11) is -2.63. The molecular formula is C25H35N3O5S. The highest BCUT2D eigenvalue weighted by Gasteiger charge is 2.30. The minimum absolute atomic E-state index is 0.0355. The fourth-order valence-corrected chi connectivity index (χ4v) is 5.50. The molecule has 0 spiro atoms. The third-order valence-corrected chi connectivity index (χ3v) is 7.82. The van der Waals surface area contributed by atoms with Crippen molar-refractivity contribution < 1.29 is 22.7 Å². The number of ether oxygens (including phenoxy) is 2. The minimum Gasteiger partial charge on any atom is -0.495 e. The molecule has 0 aromatic heterocycles. The zero-order valence-electron chi connectivity index (χ0n) is 20.5. The van der Waals surface area contributed by atoms with Gasteiger partial charge in [-0.25, -0.2) is 8.42 Å². The van der Waals surface area contributed by atoms with Gasteiger partial charge in [0.1, 0.15) is 17.2 Å².